The van der Waals surface area contributed by atoms with Gasteiger partial charge in [0, 0.05) is 24.0 Å². The molecule has 0 atom stereocenters. The Balaban J connectivity index is 0.00000192. The van der Waals surface area contributed by atoms with E-state index in [1.165, 1.54) is 22.1 Å². The number of hydrogen-bond acceptors (Lipinski definition) is 2. The van der Waals surface area contributed by atoms with Crippen LogP contribution in [-0.4, -0.2) is 18.5 Å². The van der Waals surface area contributed by atoms with E-state index in [0.29, 0.717) is 0 Å². The van der Waals surface area contributed by atoms with E-state index < -0.39 is 0 Å². The summed E-state index contributed by atoms with van der Waals surface area (Å²) in [6.07, 6.45) is 6.14. The number of fused-ring (bicyclic) bond motifs is 1. The number of likely N-dealkylation sites (N-methyl/N-ethyl adjacent to an activating group) is 1. The Morgan fingerprint density at radius 1 is 1.09 bits per heavy atom. The second kappa shape index (κ2) is 8.00. The Bertz CT molecular complexity index is 791. The molecule has 3 heteroatoms. The first-order valence-electron chi connectivity index (χ1n) is 7.59. The van der Waals surface area contributed by atoms with Crippen LogP contribution in [0.3, 0.4) is 0 Å². The van der Waals surface area contributed by atoms with Gasteiger partial charge in [-0.15, -0.1) is 12.4 Å². The molecule has 0 N–H and O–H groups in total. The van der Waals surface area contributed by atoms with Gasteiger partial charge in [0.05, 0.1) is 6.26 Å². The maximum atomic E-state index is 5.59. The maximum absolute atomic E-state index is 5.59. The van der Waals surface area contributed by atoms with Crippen molar-refractivity contribution in [2.75, 3.05) is 13.6 Å². The molecule has 0 amide bonds. The van der Waals surface area contributed by atoms with Crippen molar-refractivity contribution < 1.29 is 4.42 Å². The van der Waals surface area contributed by atoms with Crippen LogP contribution in [0.5, 0.6) is 0 Å². The van der Waals surface area contributed by atoms with Crippen molar-refractivity contribution in [3.05, 3.63) is 77.6 Å². The van der Waals surface area contributed by atoms with E-state index in [1.807, 2.05) is 6.07 Å². The number of hydrogen-bond donors (Lipinski definition) is 0. The number of nitrogens with zero attached hydrogens (tertiary/aromatic N) is 1. The lowest BCUT2D eigenvalue weighted by atomic mass is 10.1. The number of furan rings is 1. The van der Waals surface area contributed by atoms with Crippen LogP contribution in [-0.2, 0) is 6.54 Å². The lowest BCUT2D eigenvalue weighted by Gasteiger charge is -2.14. The Labute approximate surface area is 143 Å². The molecule has 2 aromatic carbocycles. The van der Waals surface area contributed by atoms with Crippen LogP contribution < -0.4 is 0 Å². The summed E-state index contributed by atoms with van der Waals surface area (Å²) in [6.45, 7) is 3.90. The summed E-state index contributed by atoms with van der Waals surface area (Å²) in [6, 6.07) is 16.9. The van der Waals surface area contributed by atoms with Crippen LogP contribution in [0.15, 0.2) is 65.3 Å². The van der Waals surface area contributed by atoms with Gasteiger partial charge < -0.3 is 4.42 Å². The monoisotopic (exact) mass is 327 g/mol. The van der Waals surface area contributed by atoms with Gasteiger partial charge in [-0.25, -0.2) is 0 Å². The highest BCUT2D eigenvalue weighted by atomic mass is 35.5. The van der Waals surface area contributed by atoms with Gasteiger partial charge in [-0.2, -0.15) is 0 Å². The maximum Gasteiger partial charge on any atom is 0.138 e. The fourth-order valence-electron chi connectivity index (χ4n) is 2.68. The third-order valence-electron chi connectivity index (χ3n) is 3.77. The van der Waals surface area contributed by atoms with Gasteiger partial charge in [-0.05, 0) is 25.6 Å². The Hall–Kier alpha value is -2.03. The van der Waals surface area contributed by atoms with Gasteiger partial charge in [0.25, 0.3) is 0 Å². The summed E-state index contributed by atoms with van der Waals surface area (Å²) >= 11 is 0. The standard InChI is InChI=1S/C20H21NO.ClH/c1-16-6-3-7-17(14-16)8-5-12-21(2)15-19-10-4-9-18-11-13-22-20(18)19;/h3-11,13-14H,12,15H2,1-2H3;1H/b8-5+;. The number of halogens is 1. The third-order valence-corrected chi connectivity index (χ3v) is 3.77. The van der Waals surface area contributed by atoms with E-state index in [0.717, 1.165) is 18.7 Å². The Morgan fingerprint density at radius 3 is 2.74 bits per heavy atom. The molecule has 0 saturated carbocycles. The van der Waals surface area contributed by atoms with Crippen molar-refractivity contribution in [1.29, 1.82) is 0 Å². The topological polar surface area (TPSA) is 16.4 Å². The van der Waals surface area contributed by atoms with Gasteiger partial charge in [-0.3, -0.25) is 4.90 Å². The van der Waals surface area contributed by atoms with Gasteiger partial charge in [0.15, 0.2) is 0 Å². The van der Waals surface area contributed by atoms with Gasteiger partial charge in [-0.1, -0.05) is 60.2 Å². The van der Waals surface area contributed by atoms with Crippen LogP contribution >= 0.6 is 12.4 Å². The molecule has 0 spiro atoms. The highest BCUT2D eigenvalue weighted by Crippen LogP contribution is 2.20. The lowest BCUT2D eigenvalue weighted by Crippen LogP contribution is -2.17. The molecule has 0 aliphatic carbocycles. The van der Waals surface area contributed by atoms with E-state index in [2.05, 4.69) is 73.5 Å². The van der Waals surface area contributed by atoms with Crippen molar-refractivity contribution >= 4 is 29.5 Å². The van der Waals surface area contributed by atoms with Crippen molar-refractivity contribution in [3.8, 4) is 0 Å². The quantitative estimate of drug-likeness (QED) is 0.631. The third kappa shape index (κ3) is 4.47. The van der Waals surface area contributed by atoms with Crippen molar-refractivity contribution in [2.45, 2.75) is 13.5 Å². The largest absolute Gasteiger partial charge is 0.464 e. The summed E-state index contributed by atoms with van der Waals surface area (Å²) < 4.78 is 5.59. The van der Waals surface area contributed by atoms with Gasteiger partial charge in [0.1, 0.15) is 5.58 Å². The molecule has 3 aromatic rings. The van der Waals surface area contributed by atoms with E-state index >= 15 is 0 Å². The number of aryl methyl sites for hydroxylation is 1. The van der Waals surface area contributed by atoms with E-state index in [4.69, 9.17) is 4.42 Å². The summed E-state index contributed by atoms with van der Waals surface area (Å²) in [5.41, 5.74) is 4.77. The first-order chi connectivity index (χ1) is 10.7. The van der Waals surface area contributed by atoms with Crippen molar-refractivity contribution in [3.63, 3.8) is 0 Å². The normalized spacial score (nSPS) is 11.3. The van der Waals surface area contributed by atoms with E-state index in [-0.39, 0.29) is 12.4 Å². The first kappa shape index (κ1) is 17.3. The van der Waals surface area contributed by atoms with Crippen molar-refractivity contribution in [2.24, 2.45) is 0 Å². The number of para-hydroxylation sites is 1. The molecule has 0 unspecified atom stereocenters. The van der Waals surface area contributed by atoms with E-state index in [1.54, 1.807) is 6.26 Å². The molecular weight excluding hydrogens is 306 g/mol. The minimum atomic E-state index is 0. The van der Waals surface area contributed by atoms with Gasteiger partial charge in [0.2, 0.25) is 0 Å². The summed E-state index contributed by atoms with van der Waals surface area (Å²) in [5, 5.41) is 1.17. The van der Waals surface area contributed by atoms with E-state index in [9.17, 15) is 0 Å². The van der Waals surface area contributed by atoms with Crippen LogP contribution in [0.1, 0.15) is 16.7 Å². The number of benzene rings is 2. The predicted molar refractivity (Wildman–Crippen MR) is 100 cm³/mol. The highest BCUT2D eigenvalue weighted by Gasteiger charge is 2.05. The molecule has 0 aliphatic heterocycles. The van der Waals surface area contributed by atoms with Crippen LogP contribution in [0.4, 0.5) is 0 Å². The minimum Gasteiger partial charge on any atom is -0.464 e. The van der Waals surface area contributed by atoms with Crippen LogP contribution in [0.2, 0.25) is 0 Å². The van der Waals surface area contributed by atoms with Gasteiger partial charge >= 0.3 is 0 Å². The fourth-order valence-corrected chi connectivity index (χ4v) is 2.68. The van der Waals surface area contributed by atoms with Crippen LogP contribution in [0.25, 0.3) is 17.0 Å². The molecule has 0 aliphatic rings. The van der Waals surface area contributed by atoms with Crippen molar-refractivity contribution in [1.82, 2.24) is 4.90 Å². The number of rotatable bonds is 5. The molecule has 1 aromatic heterocycles. The first-order valence-corrected chi connectivity index (χ1v) is 7.59. The molecule has 0 saturated heterocycles. The lowest BCUT2D eigenvalue weighted by molar-refractivity contribution is 0.363. The average Bonchev–Trinajstić information content (AvgIpc) is 2.97. The minimum absolute atomic E-state index is 0. The molecule has 3 rings (SSSR count). The summed E-state index contributed by atoms with van der Waals surface area (Å²) in [5.74, 6) is 0. The predicted octanol–water partition coefficient (Wildman–Crippen LogP) is 5.31. The molecule has 23 heavy (non-hydrogen) atoms. The second-order valence-corrected chi connectivity index (χ2v) is 5.77. The zero-order valence-corrected chi connectivity index (χ0v) is 14.3. The fraction of sp³-hybridized carbons (Fsp3) is 0.200. The summed E-state index contributed by atoms with van der Waals surface area (Å²) in [4.78, 5) is 2.28. The highest BCUT2D eigenvalue weighted by molar-refractivity contribution is 5.85. The molecular formula is C20H22ClNO. The Kier molecular flexibility index (Phi) is 6.03. The molecule has 2 nitrogen and oxygen atoms in total. The zero-order valence-electron chi connectivity index (χ0n) is 13.5. The Morgan fingerprint density at radius 2 is 1.91 bits per heavy atom. The molecule has 1 heterocycles. The molecule has 0 radical (unpaired) electrons. The SMILES string of the molecule is Cc1cccc(/C=C/CN(C)Cc2cccc3ccoc23)c1.Cl. The molecule has 0 fully saturated rings. The second-order valence-electron chi connectivity index (χ2n) is 5.77. The zero-order chi connectivity index (χ0) is 15.4. The molecule has 120 valence electrons. The smallest absolute Gasteiger partial charge is 0.138 e. The summed E-state index contributed by atoms with van der Waals surface area (Å²) in [7, 11) is 2.13. The average molecular weight is 328 g/mol. The van der Waals surface area contributed by atoms with Crippen LogP contribution in [0, 0.1) is 6.92 Å². The molecule has 0 bridgehead atoms.